The molecule has 5 nitrogen and oxygen atoms in total. The van der Waals surface area contributed by atoms with Crippen molar-refractivity contribution in [3.63, 3.8) is 0 Å². The molecule has 0 radical (unpaired) electrons. The minimum atomic E-state index is -0.133. The highest BCUT2D eigenvalue weighted by Gasteiger charge is 2.21. The van der Waals surface area contributed by atoms with Crippen LogP contribution in [-0.4, -0.2) is 15.9 Å². The highest BCUT2D eigenvalue weighted by molar-refractivity contribution is 7.18. The van der Waals surface area contributed by atoms with Crippen LogP contribution in [0.25, 0.3) is 10.2 Å². The highest BCUT2D eigenvalue weighted by Crippen LogP contribution is 2.34. The van der Waals surface area contributed by atoms with Crippen LogP contribution in [0, 0.1) is 6.92 Å². The molecule has 0 bridgehead atoms. The summed E-state index contributed by atoms with van der Waals surface area (Å²) in [7, 11) is 0. The molecule has 0 saturated heterocycles. The molecule has 0 fully saturated rings. The van der Waals surface area contributed by atoms with Gasteiger partial charge in [-0.2, -0.15) is 0 Å². The molecule has 2 aromatic heterocycles. The molecule has 0 saturated carbocycles. The second-order valence-electron chi connectivity index (χ2n) is 6.56. The van der Waals surface area contributed by atoms with Gasteiger partial charge in [0.25, 0.3) is 5.56 Å². The fourth-order valence-electron chi connectivity index (χ4n) is 3.34. The van der Waals surface area contributed by atoms with Crippen molar-refractivity contribution in [1.82, 2.24) is 9.97 Å². The first-order chi connectivity index (χ1) is 12.5. The van der Waals surface area contributed by atoms with Crippen molar-refractivity contribution in [1.29, 1.82) is 0 Å². The van der Waals surface area contributed by atoms with E-state index < -0.39 is 0 Å². The van der Waals surface area contributed by atoms with Gasteiger partial charge < -0.3 is 10.3 Å². The average Bonchev–Trinajstić information content (AvgIpc) is 3.17. The van der Waals surface area contributed by atoms with Crippen LogP contribution in [0.1, 0.15) is 34.7 Å². The maximum Gasteiger partial charge on any atom is 0.259 e. The summed E-state index contributed by atoms with van der Waals surface area (Å²) < 4.78 is 0. The molecule has 0 unspecified atom stereocenters. The Morgan fingerprint density at radius 3 is 3.08 bits per heavy atom. The lowest BCUT2D eigenvalue weighted by atomic mass is 10.2. The van der Waals surface area contributed by atoms with Crippen molar-refractivity contribution >= 4 is 44.7 Å². The lowest BCUT2D eigenvalue weighted by molar-refractivity contribution is -0.116. The fraction of sp³-hybridized carbons (Fsp3) is 0.316. The molecule has 1 amide bonds. The average molecular weight is 388 g/mol. The van der Waals surface area contributed by atoms with Crippen molar-refractivity contribution in [2.45, 2.75) is 39.0 Å². The Labute approximate surface area is 159 Å². The molecular weight excluding hydrogens is 370 g/mol. The molecule has 1 aliphatic rings. The topological polar surface area (TPSA) is 74.8 Å². The number of benzene rings is 1. The first-order valence-electron chi connectivity index (χ1n) is 8.60. The van der Waals surface area contributed by atoms with E-state index in [9.17, 15) is 9.59 Å². The molecule has 0 spiro atoms. The zero-order valence-electron chi connectivity index (χ0n) is 14.3. The number of aromatic nitrogens is 2. The van der Waals surface area contributed by atoms with Crippen molar-refractivity contribution < 1.29 is 4.79 Å². The van der Waals surface area contributed by atoms with Crippen LogP contribution in [0.4, 0.5) is 5.69 Å². The first-order valence-corrected chi connectivity index (χ1v) is 9.80. The Balaban J connectivity index is 1.48. The summed E-state index contributed by atoms with van der Waals surface area (Å²) in [5.41, 5.74) is 2.73. The first kappa shape index (κ1) is 17.2. The quantitative estimate of drug-likeness (QED) is 0.710. The molecule has 7 heteroatoms. The van der Waals surface area contributed by atoms with Gasteiger partial charge in [0, 0.05) is 28.4 Å². The van der Waals surface area contributed by atoms with E-state index >= 15 is 0 Å². The van der Waals surface area contributed by atoms with E-state index in [1.807, 2.05) is 13.0 Å². The number of amides is 1. The molecular formula is C19H18ClN3O2S. The number of aryl methyl sites for hydroxylation is 4. The molecule has 1 aliphatic carbocycles. The molecule has 2 heterocycles. The minimum Gasteiger partial charge on any atom is -0.326 e. The minimum absolute atomic E-state index is 0.0875. The lowest BCUT2D eigenvalue weighted by Gasteiger charge is -2.08. The number of hydrogen-bond donors (Lipinski definition) is 2. The molecule has 3 aromatic rings. The van der Waals surface area contributed by atoms with Crippen molar-refractivity contribution in [3.05, 3.63) is 55.4 Å². The van der Waals surface area contributed by atoms with Crippen molar-refractivity contribution in [3.8, 4) is 0 Å². The van der Waals surface area contributed by atoms with Crippen LogP contribution in [0.3, 0.4) is 0 Å². The number of halogens is 1. The summed E-state index contributed by atoms with van der Waals surface area (Å²) in [4.78, 5) is 34.2. The van der Waals surface area contributed by atoms with Crippen LogP contribution in [0.2, 0.25) is 5.02 Å². The number of nitrogens with one attached hydrogen (secondary N) is 2. The number of anilines is 1. The number of hydrogen-bond acceptors (Lipinski definition) is 4. The number of nitrogens with zero attached hydrogens (tertiary/aromatic N) is 1. The Morgan fingerprint density at radius 2 is 2.23 bits per heavy atom. The number of aromatic amines is 1. The SMILES string of the molecule is Cc1ccc(Cl)cc1NC(=O)CCc1nc2sc3c(c2c(=O)[nH]1)CCC3. The van der Waals surface area contributed by atoms with Gasteiger partial charge in [0.1, 0.15) is 10.7 Å². The largest absolute Gasteiger partial charge is 0.326 e. The standard InChI is InChI=1S/C19H18ClN3O2S/c1-10-5-6-11(20)9-13(10)21-16(24)8-7-15-22-18(25)17-12-3-2-4-14(12)26-19(17)23-15/h5-6,9H,2-4,7-8H2,1H3,(H,21,24)(H,22,23,25). The summed E-state index contributed by atoms with van der Waals surface area (Å²) in [5, 5.41) is 4.18. The third-order valence-electron chi connectivity index (χ3n) is 4.69. The summed E-state index contributed by atoms with van der Waals surface area (Å²) >= 11 is 7.59. The van der Waals surface area contributed by atoms with Gasteiger partial charge in [-0.3, -0.25) is 9.59 Å². The Kier molecular flexibility index (Phi) is 4.54. The van der Waals surface area contributed by atoms with E-state index in [0.29, 0.717) is 23.0 Å². The van der Waals surface area contributed by atoms with Crippen molar-refractivity contribution in [2.75, 3.05) is 5.32 Å². The number of H-pyrrole nitrogens is 1. The van der Waals surface area contributed by atoms with Gasteiger partial charge in [0.15, 0.2) is 0 Å². The van der Waals surface area contributed by atoms with Crippen LogP contribution in [0.5, 0.6) is 0 Å². The zero-order valence-corrected chi connectivity index (χ0v) is 15.9. The van der Waals surface area contributed by atoms with Crippen LogP contribution in [-0.2, 0) is 24.1 Å². The summed E-state index contributed by atoms with van der Waals surface area (Å²) in [6.07, 6.45) is 3.74. The predicted octanol–water partition coefficient (Wildman–Crippen LogP) is 4.01. The third kappa shape index (κ3) is 3.27. The van der Waals surface area contributed by atoms with Gasteiger partial charge in [0.2, 0.25) is 5.91 Å². The Morgan fingerprint density at radius 1 is 1.38 bits per heavy atom. The third-order valence-corrected chi connectivity index (χ3v) is 6.11. The van der Waals surface area contributed by atoms with Crippen LogP contribution < -0.4 is 10.9 Å². The van der Waals surface area contributed by atoms with E-state index in [1.54, 1.807) is 23.5 Å². The van der Waals surface area contributed by atoms with Gasteiger partial charge in [0.05, 0.1) is 5.39 Å². The van der Waals surface area contributed by atoms with Gasteiger partial charge in [-0.25, -0.2) is 4.98 Å². The highest BCUT2D eigenvalue weighted by atomic mass is 35.5. The number of carbonyl (C=O) groups is 1. The predicted molar refractivity (Wildman–Crippen MR) is 105 cm³/mol. The molecule has 26 heavy (non-hydrogen) atoms. The van der Waals surface area contributed by atoms with Gasteiger partial charge in [-0.05, 0) is 49.4 Å². The van der Waals surface area contributed by atoms with Gasteiger partial charge in [-0.15, -0.1) is 11.3 Å². The second-order valence-corrected chi connectivity index (χ2v) is 8.08. The molecule has 1 aromatic carbocycles. The molecule has 4 rings (SSSR count). The lowest BCUT2D eigenvalue weighted by Crippen LogP contribution is -2.16. The molecule has 0 aliphatic heterocycles. The van der Waals surface area contributed by atoms with Crippen LogP contribution in [0.15, 0.2) is 23.0 Å². The maximum absolute atomic E-state index is 12.4. The van der Waals surface area contributed by atoms with E-state index in [-0.39, 0.29) is 17.9 Å². The Bertz CT molecular complexity index is 1070. The smallest absolute Gasteiger partial charge is 0.259 e. The number of thiophene rings is 1. The maximum atomic E-state index is 12.4. The van der Waals surface area contributed by atoms with E-state index in [0.717, 1.165) is 35.0 Å². The van der Waals surface area contributed by atoms with E-state index in [1.165, 1.54) is 10.4 Å². The van der Waals surface area contributed by atoms with Gasteiger partial charge >= 0.3 is 0 Å². The molecule has 0 atom stereocenters. The fourth-order valence-corrected chi connectivity index (χ4v) is 4.79. The molecule has 134 valence electrons. The summed E-state index contributed by atoms with van der Waals surface area (Å²) in [5.74, 6) is 0.423. The Hall–Kier alpha value is -2.18. The normalized spacial score (nSPS) is 13.2. The summed E-state index contributed by atoms with van der Waals surface area (Å²) in [6, 6.07) is 5.38. The zero-order chi connectivity index (χ0) is 18.3. The van der Waals surface area contributed by atoms with E-state index in [2.05, 4.69) is 15.3 Å². The van der Waals surface area contributed by atoms with Crippen molar-refractivity contribution in [2.24, 2.45) is 0 Å². The number of carbonyl (C=O) groups excluding carboxylic acids is 1. The monoisotopic (exact) mass is 387 g/mol. The van der Waals surface area contributed by atoms with Gasteiger partial charge in [-0.1, -0.05) is 17.7 Å². The molecule has 2 N–H and O–H groups in total. The second kappa shape index (κ2) is 6.85. The number of fused-ring (bicyclic) bond motifs is 3. The summed E-state index contributed by atoms with van der Waals surface area (Å²) in [6.45, 7) is 1.91. The number of rotatable bonds is 4. The van der Waals surface area contributed by atoms with Crippen LogP contribution >= 0.6 is 22.9 Å². The van der Waals surface area contributed by atoms with E-state index in [4.69, 9.17) is 11.6 Å².